The number of aryl methyl sites for hydroxylation is 1. The van der Waals surface area contributed by atoms with Crippen LogP contribution in [0.2, 0.25) is 0 Å². The van der Waals surface area contributed by atoms with E-state index in [1.165, 1.54) is 40.6 Å². The molecule has 1 saturated heterocycles. The fourth-order valence-electron chi connectivity index (χ4n) is 3.52. The van der Waals surface area contributed by atoms with E-state index in [4.69, 9.17) is 4.74 Å². The summed E-state index contributed by atoms with van der Waals surface area (Å²) < 4.78 is 6.19. The fraction of sp³-hybridized carbons (Fsp3) is 0.333. The van der Waals surface area contributed by atoms with Crippen LogP contribution in [0.4, 0.5) is 0 Å². The van der Waals surface area contributed by atoms with E-state index in [2.05, 4.69) is 66.5 Å². The lowest BCUT2D eigenvalue weighted by Gasteiger charge is -2.37. The van der Waals surface area contributed by atoms with E-state index in [1.807, 2.05) is 6.07 Å². The first-order valence-corrected chi connectivity index (χ1v) is 8.69. The molecule has 0 saturated carbocycles. The van der Waals surface area contributed by atoms with Crippen LogP contribution in [0.1, 0.15) is 23.1 Å². The first-order valence-electron chi connectivity index (χ1n) is 8.69. The summed E-state index contributed by atoms with van der Waals surface area (Å²) in [4.78, 5) is 5.89. The Balaban J connectivity index is 1.64. The summed E-state index contributed by atoms with van der Waals surface area (Å²) in [6.07, 6.45) is 4.54. The van der Waals surface area contributed by atoms with E-state index in [-0.39, 0.29) is 0 Å². The standard InChI is InChI=1S/C21H24N2O/c1-15-8-9-19(24-14-16-6-4-3-5-7-16)20-17(13-22-21(15)20)12-18-10-11-23(18)2/h3-9,13,18,22H,10-12,14H2,1-2H3/t18-/m1/s1. The van der Waals surface area contributed by atoms with E-state index in [0.717, 1.165) is 12.2 Å². The van der Waals surface area contributed by atoms with Gasteiger partial charge >= 0.3 is 0 Å². The molecule has 1 aliphatic heterocycles. The van der Waals surface area contributed by atoms with Gasteiger partial charge in [-0.2, -0.15) is 0 Å². The third-order valence-corrected chi connectivity index (χ3v) is 5.22. The zero-order valence-corrected chi connectivity index (χ0v) is 14.4. The van der Waals surface area contributed by atoms with Crippen LogP contribution in [0.25, 0.3) is 10.9 Å². The first-order chi connectivity index (χ1) is 11.7. The van der Waals surface area contributed by atoms with Gasteiger partial charge in [0.05, 0.1) is 5.52 Å². The number of likely N-dealkylation sites (tertiary alicyclic amines) is 1. The van der Waals surface area contributed by atoms with Crippen LogP contribution in [-0.2, 0) is 13.0 Å². The van der Waals surface area contributed by atoms with Crippen molar-refractivity contribution in [2.24, 2.45) is 0 Å². The fourth-order valence-corrected chi connectivity index (χ4v) is 3.52. The minimum absolute atomic E-state index is 0.604. The molecule has 3 nitrogen and oxygen atoms in total. The molecule has 2 aromatic carbocycles. The van der Waals surface area contributed by atoms with Crippen LogP contribution in [0, 0.1) is 6.92 Å². The van der Waals surface area contributed by atoms with Gasteiger partial charge in [-0.25, -0.2) is 0 Å². The molecule has 3 heteroatoms. The lowest BCUT2D eigenvalue weighted by atomic mass is 9.95. The summed E-state index contributed by atoms with van der Waals surface area (Å²) in [6.45, 7) is 3.97. The van der Waals surface area contributed by atoms with Gasteiger partial charge in [-0.15, -0.1) is 0 Å². The molecule has 1 fully saturated rings. The van der Waals surface area contributed by atoms with Crippen molar-refractivity contribution in [3.8, 4) is 5.75 Å². The van der Waals surface area contributed by atoms with Gasteiger partial charge < -0.3 is 14.6 Å². The van der Waals surface area contributed by atoms with Crippen molar-refractivity contribution in [1.29, 1.82) is 0 Å². The van der Waals surface area contributed by atoms with Gasteiger partial charge in [0, 0.05) is 17.6 Å². The van der Waals surface area contributed by atoms with Crippen LogP contribution < -0.4 is 4.74 Å². The predicted octanol–water partition coefficient (Wildman–Crippen LogP) is 4.30. The second kappa shape index (κ2) is 6.33. The molecule has 0 amide bonds. The Hall–Kier alpha value is -2.26. The SMILES string of the molecule is Cc1ccc(OCc2ccccc2)c2c(C[C@H]3CCN3C)c[nH]c12. The number of benzene rings is 2. The molecule has 0 spiro atoms. The van der Waals surface area contributed by atoms with Gasteiger partial charge in [0.2, 0.25) is 0 Å². The van der Waals surface area contributed by atoms with E-state index < -0.39 is 0 Å². The molecule has 0 aliphatic carbocycles. The van der Waals surface area contributed by atoms with E-state index >= 15 is 0 Å². The summed E-state index contributed by atoms with van der Waals surface area (Å²) in [6, 6.07) is 15.3. The van der Waals surface area contributed by atoms with Gasteiger partial charge in [0.1, 0.15) is 12.4 Å². The molecule has 2 heterocycles. The maximum Gasteiger partial charge on any atom is 0.129 e. The van der Waals surface area contributed by atoms with Crippen LogP contribution >= 0.6 is 0 Å². The molecule has 4 rings (SSSR count). The number of aromatic nitrogens is 1. The number of aromatic amines is 1. The molecule has 3 aromatic rings. The number of ether oxygens (including phenoxy) is 1. The summed E-state index contributed by atoms with van der Waals surface area (Å²) in [5.74, 6) is 0.984. The highest BCUT2D eigenvalue weighted by atomic mass is 16.5. The topological polar surface area (TPSA) is 28.3 Å². The Morgan fingerprint density at radius 2 is 2.00 bits per heavy atom. The van der Waals surface area contributed by atoms with Crippen LogP contribution in [0.5, 0.6) is 5.75 Å². The molecule has 24 heavy (non-hydrogen) atoms. The van der Waals surface area contributed by atoms with Crippen molar-refractivity contribution in [2.75, 3.05) is 13.6 Å². The maximum atomic E-state index is 6.19. The third kappa shape index (κ3) is 2.80. The van der Waals surface area contributed by atoms with Gasteiger partial charge in [-0.05, 0) is 56.1 Å². The Morgan fingerprint density at radius 1 is 1.17 bits per heavy atom. The Morgan fingerprint density at radius 3 is 2.71 bits per heavy atom. The van der Waals surface area contributed by atoms with Gasteiger partial charge in [0.15, 0.2) is 0 Å². The third-order valence-electron chi connectivity index (χ3n) is 5.22. The zero-order valence-electron chi connectivity index (χ0n) is 14.4. The van der Waals surface area contributed by atoms with Crippen molar-refractivity contribution in [3.63, 3.8) is 0 Å². The van der Waals surface area contributed by atoms with Crippen molar-refractivity contribution in [2.45, 2.75) is 32.4 Å². The van der Waals surface area contributed by atoms with Gasteiger partial charge in [0.25, 0.3) is 0 Å². The second-order valence-corrected chi connectivity index (χ2v) is 6.85. The van der Waals surface area contributed by atoms with Crippen molar-refractivity contribution < 1.29 is 4.74 Å². The summed E-state index contributed by atoms with van der Waals surface area (Å²) in [5, 5.41) is 1.26. The molecular formula is C21H24N2O. The number of nitrogens with zero attached hydrogens (tertiary/aromatic N) is 1. The minimum Gasteiger partial charge on any atom is -0.488 e. The number of hydrogen-bond donors (Lipinski definition) is 1. The second-order valence-electron chi connectivity index (χ2n) is 6.85. The van der Waals surface area contributed by atoms with Crippen molar-refractivity contribution in [3.05, 3.63) is 65.4 Å². The molecule has 1 N–H and O–H groups in total. The van der Waals surface area contributed by atoms with Crippen LogP contribution in [0.3, 0.4) is 0 Å². The summed E-state index contributed by atoms with van der Waals surface area (Å²) in [7, 11) is 2.21. The molecule has 1 aromatic heterocycles. The highest BCUT2D eigenvalue weighted by molar-refractivity contribution is 5.91. The van der Waals surface area contributed by atoms with E-state index in [9.17, 15) is 0 Å². The number of likely N-dealkylation sites (N-methyl/N-ethyl adjacent to an activating group) is 1. The van der Waals surface area contributed by atoms with Crippen molar-refractivity contribution >= 4 is 10.9 Å². The smallest absolute Gasteiger partial charge is 0.129 e. The average molecular weight is 320 g/mol. The normalized spacial score (nSPS) is 17.8. The van der Waals surface area contributed by atoms with Crippen molar-refractivity contribution in [1.82, 2.24) is 9.88 Å². The zero-order chi connectivity index (χ0) is 16.5. The lowest BCUT2D eigenvalue weighted by Crippen LogP contribution is -2.45. The van der Waals surface area contributed by atoms with E-state index in [1.54, 1.807) is 0 Å². The number of H-pyrrole nitrogens is 1. The number of nitrogens with one attached hydrogen (secondary N) is 1. The Kier molecular flexibility index (Phi) is 4.03. The van der Waals surface area contributed by atoms with Gasteiger partial charge in [-0.1, -0.05) is 36.4 Å². The lowest BCUT2D eigenvalue weighted by molar-refractivity contribution is 0.127. The quantitative estimate of drug-likeness (QED) is 0.759. The molecule has 1 atom stereocenters. The largest absolute Gasteiger partial charge is 0.488 e. The average Bonchev–Trinajstić information content (AvgIpc) is 3.04. The molecule has 124 valence electrons. The first kappa shape index (κ1) is 15.3. The van der Waals surface area contributed by atoms with Gasteiger partial charge in [-0.3, -0.25) is 0 Å². The molecule has 0 unspecified atom stereocenters. The monoisotopic (exact) mass is 320 g/mol. The van der Waals surface area contributed by atoms with Crippen LogP contribution in [0.15, 0.2) is 48.7 Å². The minimum atomic E-state index is 0.604. The summed E-state index contributed by atoms with van der Waals surface area (Å²) in [5.41, 5.74) is 5.04. The van der Waals surface area contributed by atoms with E-state index in [0.29, 0.717) is 12.6 Å². The Bertz CT molecular complexity index is 838. The number of fused-ring (bicyclic) bond motifs is 1. The highest BCUT2D eigenvalue weighted by Crippen LogP contribution is 2.34. The highest BCUT2D eigenvalue weighted by Gasteiger charge is 2.25. The number of hydrogen-bond acceptors (Lipinski definition) is 2. The maximum absolute atomic E-state index is 6.19. The molecule has 1 aliphatic rings. The molecule has 0 radical (unpaired) electrons. The summed E-state index contributed by atoms with van der Waals surface area (Å²) >= 11 is 0. The molecule has 0 bridgehead atoms. The number of rotatable bonds is 5. The molecular weight excluding hydrogens is 296 g/mol. The Labute approximate surface area is 143 Å². The van der Waals surface area contributed by atoms with Crippen LogP contribution in [-0.4, -0.2) is 29.5 Å². The predicted molar refractivity (Wildman–Crippen MR) is 98.5 cm³/mol.